The molecule has 0 unspecified atom stereocenters. The number of rotatable bonds is 4. The molecule has 2 heterocycles. The molecule has 0 aromatic carbocycles. The van der Waals surface area contributed by atoms with Gasteiger partial charge in [-0.25, -0.2) is 4.79 Å². The fourth-order valence-corrected chi connectivity index (χ4v) is 3.46. The predicted octanol–water partition coefficient (Wildman–Crippen LogP) is 1.22. The first-order chi connectivity index (χ1) is 10.5. The quantitative estimate of drug-likeness (QED) is 0.906. The van der Waals surface area contributed by atoms with E-state index in [2.05, 4.69) is 21.7 Å². The van der Waals surface area contributed by atoms with Gasteiger partial charge < -0.3 is 20.0 Å². The molecule has 1 atom stereocenters. The lowest BCUT2D eigenvalue weighted by atomic mass is 10.2. The lowest BCUT2D eigenvalue weighted by Gasteiger charge is -2.34. The molecule has 7 heteroatoms. The van der Waals surface area contributed by atoms with Crippen LogP contribution in [0.1, 0.15) is 17.8 Å². The van der Waals surface area contributed by atoms with Gasteiger partial charge in [-0.3, -0.25) is 4.79 Å². The molecule has 1 saturated heterocycles. The molecule has 1 fully saturated rings. The van der Waals surface area contributed by atoms with Crippen molar-refractivity contribution in [1.29, 1.82) is 0 Å². The van der Waals surface area contributed by atoms with Crippen LogP contribution < -0.4 is 5.32 Å². The summed E-state index contributed by atoms with van der Waals surface area (Å²) in [5, 5.41) is 5.06. The van der Waals surface area contributed by atoms with Crippen molar-refractivity contribution in [2.45, 2.75) is 13.0 Å². The summed E-state index contributed by atoms with van der Waals surface area (Å²) in [6.07, 6.45) is 0. The van der Waals surface area contributed by atoms with Crippen LogP contribution >= 0.6 is 11.3 Å². The Balaban J connectivity index is 1.83. The van der Waals surface area contributed by atoms with E-state index in [-0.39, 0.29) is 18.0 Å². The topological polar surface area (TPSA) is 55.9 Å². The van der Waals surface area contributed by atoms with E-state index in [9.17, 15) is 9.59 Å². The van der Waals surface area contributed by atoms with Gasteiger partial charge in [-0.1, -0.05) is 6.07 Å². The molecule has 2 rings (SSSR count). The number of piperazine rings is 1. The molecule has 122 valence electrons. The van der Waals surface area contributed by atoms with Crippen LogP contribution in [0.2, 0.25) is 0 Å². The molecule has 1 aromatic rings. The lowest BCUT2D eigenvalue weighted by Crippen LogP contribution is -2.53. The Morgan fingerprint density at radius 2 is 1.91 bits per heavy atom. The maximum Gasteiger partial charge on any atom is 0.317 e. The molecule has 22 heavy (non-hydrogen) atoms. The predicted molar refractivity (Wildman–Crippen MR) is 88.0 cm³/mol. The molecule has 1 aliphatic rings. The van der Waals surface area contributed by atoms with E-state index in [0.29, 0.717) is 32.7 Å². The number of carbonyl (C=O) groups is 2. The van der Waals surface area contributed by atoms with Crippen molar-refractivity contribution in [2.24, 2.45) is 0 Å². The molecule has 0 radical (unpaired) electrons. The largest absolute Gasteiger partial charge is 0.339 e. The Morgan fingerprint density at radius 1 is 1.27 bits per heavy atom. The maximum atomic E-state index is 12.3. The van der Waals surface area contributed by atoms with Gasteiger partial charge in [0, 0.05) is 44.5 Å². The van der Waals surface area contributed by atoms with Gasteiger partial charge in [0.05, 0.1) is 6.04 Å². The van der Waals surface area contributed by atoms with E-state index in [1.807, 2.05) is 20.2 Å². The van der Waals surface area contributed by atoms with E-state index >= 15 is 0 Å². The summed E-state index contributed by atoms with van der Waals surface area (Å²) in [5.41, 5.74) is 0. The molecule has 6 nitrogen and oxygen atoms in total. The van der Waals surface area contributed by atoms with Gasteiger partial charge in [0.25, 0.3) is 0 Å². The van der Waals surface area contributed by atoms with Crippen LogP contribution in [0.3, 0.4) is 0 Å². The minimum atomic E-state index is -0.0494. The van der Waals surface area contributed by atoms with Crippen molar-refractivity contribution in [3.8, 4) is 0 Å². The first-order valence-corrected chi connectivity index (χ1v) is 8.35. The number of thiophene rings is 1. The summed E-state index contributed by atoms with van der Waals surface area (Å²) < 4.78 is 0. The van der Waals surface area contributed by atoms with Crippen molar-refractivity contribution >= 4 is 23.3 Å². The van der Waals surface area contributed by atoms with Crippen LogP contribution in [0.25, 0.3) is 0 Å². The zero-order valence-electron chi connectivity index (χ0n) is 13.4. The number of urea groups is 1. The Kier molecular flexibility index (Phi) is 5.79. The van der Waals surface area contributed by atoms with Crippen molar-refractivity contribution in [1.82, 2.24) is 20.0 Å². The first-order valence-electron chi connectivity index (χ1n) is 7.47. The molecule has 1 aliphatic heterocycles. The first kappa shape index (κ1) is 16.8. The van der Waals surface area contributed by atoms with Crippen molar-refractivity contribution in [3.63, 3.8) is 0 Å². The number of amides is 3. The molecule has 3 amide bonds. The minimum absolute atomic E-state index is 0.0494. The summed E-state index contributed by atoms with van der Waals surface area (Å²) in [7, 11) is 4.03. The van der Waals surface area contributed by atoms with Crippen LogP contribution in [0.5, 0.6) is 0 Å². The number of likely N-dealkylation sites (N-methyl/N-ethyl adjacent to an activating group) is 1. The highest BCUT2D eigenvalue weighted by atomic mass is 32.1. The van der Waals surface area contributed by atoms with Crippen molar-refractivity contribution in [2.75, 3.05) is 46.8 Å². The van der Waals surface area contributed by atoms with Crippen LogP contribution in [-0.2, 0) is 4.79 Å². The molecular weight excluding hydrogens is 300 g/mol. The third-order valence-corrected chi connectivity index (χ3v) is 4.93. The number of hydrogen-bond donors (Lipinski definition) is 1. The second kappa shape index (κ2) is 7.60. The van der Waals surface area contributed by atoms with Crippen LogP contribution in [0.15, 0.2) is 17.5 Å². The van der Waals surface area contributed by atoms with Gasteiger partial charge in [-0.15, -0.1) is 11.3 Å². The number of carbonyl (C=O) groups excluding carboxylic acids is 2. The number of nitrogens with zero attached hydrogens (tertiary/aromatic N) is 3. The summed E-state index contributed by atoms with van der Waals surface area (Å²) in [5.74, 6) is 0.0745. The smallest absolute Gasteiger partial charge is 0.317 e. The normalized spacial score (nSPS) is 16.7. The SMILES string of the molecule is CC(=O)N1CCN(C(=O)NC[C@@H](c2cccs2)N(C)C)CC1. The van der Waals surface area contributed by atoms with Gasteiger partial charge in [0.1, 0.15) is 0 Å². The molecule has 0 saturated carbocycles. The maximum absolute atomic E-state index is 12.3. The molecular formula is C15H24N4O2S. The minimum Gasteiger partial charge on any atom is -0.339 e. The van der Waals surface area contributed by atoms with Crippen LogP contribution in [-0.4, -0.2) is 73.5 Å². The second-order valence-corrected chi connectivity index (χ2v) is 6.65. The lowest BCUT2D eigenvalue weighted by molar-refractivity contribution is -0.130. The molecule has 0 aliphatic carbocycles. The fraction of sp³-hybridized carbons (Fsp3) is 0.600. The summed E-state index contributed by atoms with van der Waals surface area (Å²) >= 11 is 1.70. The highest BCUT2D eigenvalue weighted by Crippen LogP contribution is 2.22. The Hall–Kier alpha value is -1.60. The molecule has 0 bridgehead atoms. The van der Waals surface area contributed by atoms with E-state index in [1.165, 1.54) is 4.88 Å². The summed E-state index contributed by atoms with van der Waals surface area (Å²) in [4.78, 5) is 30.5. The van der Waals surface area contributed by atoms with E-state index < -0.39 is 0 Å². The second-order valence-electron chi connectivity index (χ2n) is 5.67. The van der Waals surface area contributed by atoms with Crippen molar-refractivity contribution < 1.29 is 9.59 Å². The number of nitrogens with one attached hydrogen (secondary N) is 1. The van der Waals surface area contributed by atoms with E-state index in [1.54, 1.807) is 28.1 Å². The van der Waals surface area contributed by atoms with Gasteiger partial charge in [-0.05, 0) is 25.5 Å². The zero-order valence-corrected chi connectivity index (χ0v) is 14.2. The molecule has 0 spiro atoms. The third kappa shape index (κ3) is 4.20. The van der Waals surface area contributed by atoms with E-state index in [4.69, 9.17) is 0 Å². The van der Waals surface area contributed by atoms with Crippen LogP contribution in [0, 0.1) is 0 Å². The van der Waals surface area contributed by atoms with Gasteiger partial charge >= 0.3 is 6.03 Å². The summed E-state index contributed by atoms with van der Waals surface area (Å²) in [6, 6.07) is 4.25. The zero-order chi connectivity index (χ0) is 16.1. The summed E-state index contributed by atoms with van der Waals surface area (Å²) in [6.45, 7) is 4.57. The highest BCUT2D eigenvalue weighted by molar-refractivity contribution is 7.10. The monoisotopic (exact) mass is 324 g/mol. The van der Waals surface area contributed by atoms with Crippen LogP contribution in [0.4, 0.5) is 4.79 Å². The third-order valence-electron chi connectivity index (χ3n) is 3.95. The highest BCUT2D eigenvalue weighted by Gasteiger charge is 2.23. The molecule has 1 N–H and O–H groups in total. The Morgan fingerprint density at radius 3 is 2.41 bits per heavy atom. The van der Waals surface area contributed by atoms with Gasteiger partial charge in [0.2, 0.25) is 5.91 Å². The van der Waals surface area contributed by atoms with Gasteiger partial charge in [0.15, 0.2) is 0 Å². The number of hydrogen-bond acceptors (Lipinski definition) is 4. The average molecular weight is 324 g/mol. The fourth-order valence-electron chi connectivity index (χ4n) is 2.54. The average Bonchev–Trinajstić information content (AvgIpc) is 3.01. The molecule has 1 aromatic heterocycles. The van der Waals surface area contributed by atoms with E-state index in [0.717, 1.165) is 0 Å². The van der Waals surface area contributed by atoms with Crippen molar-refractivity contribution in [3.05, 3.63) is 22.4 Å². The standard InChI is InChI=1S/C15H24N4O2S/c1-12(20)18-6-8-19(9-7-18)15(21)16-11-13(17(2)3)14-5-4-10-22-14/h4-5,10,13H,6-9,11H2,1-3H3,(H,16,21)/t13-/m0/s1. The Bertz CT molecular complexity index is 496. The Labute approximate surface area is 135 Å². The van der Waals surface area contributed by atoms with Gasteiger partial charge in [-0.2, -0.15) is 0 Å².